The SMILES string of the molecule is CCc1ccccc1OCC(=O)N(C)C1CCNCC1.Cl. The van der Waals surface area contributed by atoms with E-state index in [1.54, 1.807) is 0 Å². The molecule has 4 nitrogen and oxygen atoms in total. The van der Waals surface area contributed by atoms with Crippen LogP contribution in [0.4, 0.5) is 0 Å². The van der Waals surface area contributed by atoms with Crippen LogP contribution >= 0.6 is 12.4 Å². The van der Waals surface area contributed by atoms with Crippen LogP contribution in [0, 0.1) is 0 Å². The van der Waals surface area contributed by atoms with Crippen molar-refractivity contribution >= 4 is 18.3 Å². The predicted molar refractivity (Wildman–Crippen MR) is 87.2 cm³/mol. The van der Waals surface area contributed by atoms with Gasteiger partial charge in [0.05, 0.1) is 0 Å². The molecule has 1 aromatic rings. The Morgan fingerprint density at radius 3 is 2.67 bits per heavy atom. The van der Waals surface area contributed by atoms with Crippen LogP contribution in [-0.2, 0) is 11.2 Å². The zero-order chi connectivity index (χ0) is 14.4. The van der Waals surface area contributed by atoms with Gasteiger partial charge >= 0.3 is 0 Å². The fourth-order valence-corrected chi connectivity index (χ4v) is 2.58. The summed E-state index contributed by atoms with van der Waals surface area (Å²) in [6, 6.07) is 8.24. The van der Waals surface area contributed by atoms with Crippen LogP contribution < -0.4 is 10.1 Å². The molecule has 2 rings (SSSR count). The maximum atomic E-state index is 12.2. The molecular formula is C16H25ClN2O2. The van der Waals surface area contributed by atoms with E-state index in [9.17, 15) is 4.79 Å². The predicted octanol–water partition coefficient (Wildman–Crippen LogP) is 2.26. The van der Waals surface area contributed by atoms with Crippen molar-refractivity contribution in [2.24, 2.45) is 0 Å². The minimum atomic E-state index is 0. The first kappa shape index (κ1) is 17.8. The van der Waals surface area contributed by atoms with Gasteiger partial charge in [-0.25, -0.2) is 0 Å². The second-order valence-electron chi connectivity index (χ2n) is 5.24. The van der Waals surface area contributed by atoms with Gasteiger partial charge in [0.15, 0.2) is 6.61 Å². The molecule has 1 aromatic carbocycles. The minimum Gasteiger partial charge on any atom is -0.483 e. The van der Waals surface area contributed by atoms with Gasteiger partial charge in [0.2, 0.25) is 0 Å². The summed E-state index contributed by atoms with van der Waals surface area (Å²) in [6.07, 6.45) is 2.95. The molecular weight excluding hydrogens is 288 g/mol. The number of piperidine rings is 1. The average Bonchev–Trinajstić information content (AvgIpc) is 2.53. The van der Waals surface area contributed by atoms with Gasteiger partial charge < -0.3 is 15.0 Å². The molecule has 1 saturated heterocycles. The van der Waals surface area contributed by atoms with Crippen molar-refractivity contribution in [2.45, 2.75) is 32.2 Å². The lowest BCUT2D eigenvalue weighted by Crippen LogP contribution is -2.45. The van der Waals surface area contributed by atoms with E-state index in [-0.39, 0.29) is 24.9 Å². The van der Waals surface area contributed by atoms with Crippen LogP contribution in [0.2, 0.25) is 0 Å². The summed E-state index contributed by atoms with van der Waals surface area (Å²) in [4.78, 5) is 14.0. The number of amides is 1. The summed E-state index contributed by atoms with van der Waals surface area (Å²) in [7, 11) is 1.88. The molecule has 0 atom stereocenters. The summed E-state index contributed by atoms with van der Waals surface area (Å²) in [5.41, 5.74) is 1.14. The highest BCUT2D eigenvalue weighted by molar-refractivity contribution is 5.85. The molecule has 0 aromatic heterocycles. The quantitative estimate of drug-likeness (QED) is 0.907. The van der Waals surface area contributed by atoms with Crippen LogP contribution in [0.1, 0.15) is 25.3 Å². The molecule has 5 heteroatoms. The number of halogens is 1. The molecule has 0 unspecified atom stereocenters. The van der Waals surface area contributed by atoms with E-state index in [2.05, 4.69) is 12.2 Å². The molecule has 0 radical (unpaired) electrons. The van der Waals surface area contributed by atoms with Crippen LogP contribution in [0.25, 0.3) is 0 Å². The van der Waals surface area contributed by atoms with E-state index in [0.717, 1.165) is 43.7 Å². The first-order valence-electron chi connectivity index (χ1n) is 7.39. The molecule has 21 heavy (non-hydrogen) atoms. The van der Waals surface area contributed by atoms with Crippen LogP contribution in [0.5, 0.6) is 5.75 Å². The van der Waals surface area contributed by atoms with Crippen molar-refractivity contribution in [1.82, 2.24) is 10.2 Å². The van der Waals surface area contributed by atoms with E-state index in [1.807, 2.05) is 36.2 Å². The van der Waals surface area contributed by atoms with Crippen LogP contribution in [0.3, 0.4) is 0 Å². The van der Waals surface area contributed by atoms with Crippen molar-refractivity contribution in [1.29, 1.82) is 0 Å². The van der Waals surface area contributed by atoms with Gasteiger partial charge in [0.25, 0.3) is 5.91 Å². The van der Waals surface area contributed by atoms with E-state index in [1.165, 1.54) is 0 Å². The molecule has 0 aliphatic carbocycles. The number of para-hydroxylation sites is 1. The zero-order valence-corrected chi connectivity index (χ0v) is 13.6. The normalized spacial score (nSPS) is 15.1. The molecule has 1 amide bonds. The second kappa shape index (κ2) is 8.90. The molecule has 1 N–H and O–H groups in total. The number of nitrogens with zero attached hydrogens (tertiary/aromatic N) is 1. The highest BCUT2D eigenvalue weighted by Gasteiger charge is 2.22. The van der Waals surface area contributed by atoms with Gasteiger partial charge in [-0.2, -0.15) is 0 Å². The van der Waals surface area contributed by atoms with Gasteiger partial charge in [-0.3, -0.25) is 4.79 Å². The second-order valence-corrected chi connectivity index (χ2v) is 5.24. The Morgan fingerprint density at radius 2 is 2.00 bits per heavy atom. The Labute approximate surface area is 133 Å². The third kappa shape index (κ3) is 4.90. The average molecular weight is 313 g/mol. The lowest BCUT2D eigenvalue weighted by molar-refractivity contribution is -0.134. The molecule has 0 saturated carbocycles. The van der Waals surface area contributed by atoms with E-state index in [0.29, 0.717) is 6.04 Å². The lowest BCUT2D eigenvalue weighted by Gasteiger charge is -2.31. The number of benzene rings is 1. The van der Waals surface area contributed by atoms with E-state index in [4.69, 9.17) is 4.74 Å². The molecule has 1 aliphatic rings. The van der Waals surface area contributed by atoms with Crippen molar-refractivity contribution in [3.8, 4) is 5.75 Å². The maximum absolute atomic E-state index is 12.2. The highest BCUT2D eigenvalue weighted by atomic mass is 35.5. The topological polar surface area (TPSA) is 41.6 Å². The van der Waals surface area contributed by atoms with Gasteiger partial charge in [-0.1, -0.05) is 25.1 Å². The summed E-state index contributed by atoms with van der Waals surface area (Å²) in [6.45, 7) is 4.19. The molecule has 1 heterocycles. The van der Waals surface area contributed by atoms with E-state index >= 15 is 0 Å². The number of aryl methyl sites for hydroxylation is 1. The first-order valence-corrected chi connectivity index (χ1v) is 7.39. The van der Waals surface area contributed by atoms with Crippen LogP contribution in [0.15, 0.2) is 24.3 Å². The zero-order valence-electron chi connectivity index (χ0n) is 12.8. The van der Waals surface area contributed by atoms with Gasteiger partial charge in [0, 0.05) is 13.1 Å². The van der Waals surface area contributed by atoms with E-state index < -0.39 is 0 Å². The van der Waals surface area contributed by atoms with Crippen molar-refractivity contribution in [3.05, 3.63) is 29.8 Å². The Balaban J connectivity index is 0.00000220. The maximum Gasteiger partial charge on any atom is 0.260 e. The first-order chi connectivity index (χ1) is 9.72. The monoisotopic (exact) mass is 312 g/mol. The third-order valence-corrected chi connectivity index (χ3v) is 3.95. The van der Waals surface area contributed by atoms with Crippen molar-refractivity contribution < 1.29 is 9.53 Å². The third-order valence-electron chi connectivity index (χ3n) is 3.95. The number of rotatable bonds is 5. The number of carbonyl (C=O) groups excluding carboxylic acids is 1. The number of likely N-dealkylation sites (N-methyl/N-ethyl adjacent to an activating group) is 1. The Morgan fingerprint density at radius 1 is 1.33 bits per heavy atom. The molecule has 118 valence electrons. The largest absolute Gasteiger partial charge is 0.483 e. The van der Waals surface area contributed by atoms with Gasteiger partial charge in [-0.15, -0.1) is 12.4 Å². The molecule has 1 fully saturated rings. The van der Waals surface area contributed by atoms with Gasteiger partial charge in [0.1, 0.15) is 5.75 Å². The minimum absolute atomic E-state index is 0. The number of ether oxygens (including phenoxy) is 1. The molecule has 0 bridgehead atoms. The Bertz CT molecular complexity index is 448. The lowest BCUT2D eigenvalue weighted by atomic mass is 10.1. The fraction of sp³-hybridized carbons (Fsp3) is 0.562. The summed E-state index contributed by atoms with van der Waals surface area (Å²) in [5, 5.41) is 3.31. The fourth-order valence-electron chi connectivity index (χ4n) is 2.58. The number of hydrogen-bond acceptors (Lipinski definition) is 3. The van der Waals surface area contributed by atoms with Gasteiger partial charge in [-0.05, 0) is 44.0 Å². The molecule has 0 spiro atoms. The Hall–Kier alpha value is -1.26. The Kier molecular flexibility index (Phi) is 7.54. The number of hydrogen-bond donors (Lipinski definition) is 1. The number of carbonyl (C=O) groups is 1. The summed E-state index contributed by atoms with van der Waals surface area (Å²) >= 11 is 0. The van der Waals surface area contributed by atoms with Crippen molar-refractivity contribution in [3.63, 3.8) is 0 Å². The smallest absolute Gasteiger partial charge is 0.260 e. The molecule has 1 aliphatic heterocycles. The number of nitrogens with one attached hydrogen (secondary N) is 1. The van der Waals surface area contributed by atoms with Crippen LogP contribution in [-0.4, -0.2) is 43.6 Å². The standard InChI is InChI=1S/C16H24N2O2.ClH/c1-3-13-6-4-5-7-15(13)20-12-16(19)18(2)14-8-10-17-11-9-14;/h4-7,14,17H,3,8-12H2,1-2H3;1H. The van der Waals surface area contributed by atoms with Crippen molar-refractivity contribution in [2.75, 3.05) is 26.7 Å². The summed E-state index contributed by atoms with van der Waals surface area (Å²) < 4.78 is 5.69. The highest BCUT2D eigenvalue weighted by Crippen LogP contribution is 2.18. The summed E-state index contributed by atoms with van der Waals surface area (Å²) in [5.74, 6) is 0.880.